The second-order valence-electron chi connectivity index (χ2n) is 6.34. The fraction of sp³-hybridized carbons (Fsp3) is 0.471. The van der Waals surface area contributed by atoms with Gasteiger partial charge in [-0.1, -0.05) is 12.5 Å². The molecule has 2 unspecified atom stereocenters. The van der Waals surface area contributed by atoms with Gasteiger partial charge >= 0.3 is 0 Å². The molecule has 1 aromatic carbocycles. The van der Waals surface area contributed by atoms with E-state index < -0.39 is 9.84 Å². The third-order valence-electron chi connectivity index (χ3n) is 4.56. The Morgan fingerprint density at radius 3 is 2.96 bits per heavy atom. The Hall–Kier alpha value is -1.53. The number of hydrogen-bond acceptors (Lipinski definition) is 4. The van der Waals surface area contributed by atoms with E-state index in [1.165, 1.54) is 18.4 Å². The van der Waals surface area contributed by atoms with E-state index in [0.29, 0.717) is 13.0 Å². The Balaban J connectivity index is 1.73. The molecule has 2 atom stereocenters. The molecule has 1 fully saturated rings. The predicted molar refractivity (Wildman–Crippen MR) is 89.4 cm³/mol. The highest BCUT2D eigenvalue weighted by Gasteiger charge is 2.28. The van der Waals surface area contributed by atoms with Gasteiger partial charge in [0.25, 0.3) is 0 Å². The van der Waals surface area contributed by atoms with E-state index >= 15 is 0 Å². The van der Waals surface area contributed by atoms with Crippen LogP contribution in [0.15, 0.2) is 30.5 Å². The molecular formula is C17H21FN2O2S. The van der Waals surface area contributed by atoms with Gasteiger partial charge in [0, 0.05) is 30.4 Å². The molecule has 0 radical (unpaired) electrons. The van der Waals surface area contributed by atoms with Crippen molar-refractivity contribution in [2.24, 2.45) is 0 Å². The first-order valence-corrected chi connectivity index (χ1v) is 9.84. The largest absolute Gasteiger partial charge is 0.310 e. The van der Waals surface area contributed by atoms with E-state index in [9.17, 15) is 12.8 Å². The summed E-state index contributed by atoms with van der Waals surface area (Å²) in [6.07, 6.45) is 6.22. The van der Waals surface area contributed by atoms with Gasteiger partial charge < -0.3 is 5.32 Å². The van der Waals surface area contributed by atoms with Crippen LogP contribution >= 0.6 is 0 Å². The van der Waals surface area contributed by atoms with Crippen molar-refractivity contribution >= 4 is 20.7 Å². The average molecular weight is 336 g/mol. The highest BCUT2D eigenvalue weighted by atomic mass is 32.2. The molecule has 0 saturated heterocycles. The average Bonchev–Trinajstić information content (AvgIpc) is 2.52. The highest BCUT2D eigenvalue weighted by Crippen LogP contribution is 2.25. The number of sulfone groups is 1. The molecule has 1 saturated carbocycles. The number of aromatic nitrogens is 1. The van der Waals surface area contributed by atoms with E-state index in [2.05, 4.69) is 10.3 Å². The molecule has 0 amide bonds. The summed E-state index contributed by atoms with van der Waals surface area (Å²) >= 11 is 0. The summed E-state index contributed by atoms with van der Waals surface area (Å²) < 4.78 is 37.2. The van der Waals surface area contributed by atoms with E-state index in [1.54, 1.807) is 12.3 Å². The molecule has 0 spiro atoms. The molecule has 0 bridgehead atoms. The zero-order valence-electron chi connectivity index (χ0n) is 13.1. The van der Waals surface area contributed by atoms with Gasteiger partial charge in [-0.15, -0.1) is 0 Å². The van der Waals surface area contributed by atoms with Crippen LogP contribution in [0, 0.1) is 5.82 Å². The lowest BCUT2D eigenvalue weighted by Crippen LogP contribution is -2.38. The van der Waals surface area contributed by atoms with Crippen LogP contribution in [0.4, 0.5) is 4.39 Å². The maximum Gasteiger partial charge on any atom is 0.150 e. The number of fused-ring (bicyclic) bond motifs is 1. The summed E-state index contributed by atoms with van der Waals surface area (Å²) in [6.45, 7) is 0.492. The van der Waals surface area contributed by atoms with Gasteiger partial charge in [-0.05, 0) is 43.0 Å². The van der Waals surface area contributed by atoms with Crippen molar-refractivity contribution in [1.29, 1.82) is 0 Å². The first-order chi connectivity index (χ1) is 10.9. The number of hydrogen-bond donors (Lipinski definition) is 1. The number of rotatable bonds is 4. The first kappa shape index (κ1) is 16.3. The Morgan fingerprint density at radius 2 is 2.17 bits per heavy atom. The van der Waals surface area contributed by atoms with Crippen LogP contribution in [0.5, 0.6) is 0 Å². The molecule has 6 heteroatoms. The minimum Gasteiger partial charge on any atom is -0.310 e. The number of benzene rings is 1. The van der Waals surface area contributed by atoms with E-state index in [0.717, 1.165) is 35.7 Å². The lowest BCUT2D eigenvalue weighted by molar-refractivity contribution is 0.371. The van der Waals surface area contributed by atoms with Crippen LogP contribution in [0.25, 0.3) is 10.9 Å². The SMILES string of the molecule is CS(=O)(=O)C1CCCC(NCc2cc(F)cc3cccnc23)C1. The summed E-state index contributed by atoms with van der Waals surface area (Å²) in [6, 6.07) is 6.75. The quantitative estimate of drug-likeness (QED) is 0.933. The Morgan fingerprint density at radius 1 is 1.35 bits per heavy atom. The fourth-order valence-electron chi connectivity index (χ4n) is 3.34. The van der Waals surface area contributed by atoms with Crippen LogP contribution in [-0.4, -0.2) is 30.9 Å². The lowest BCUT2D eigenvalue weighted by Gasteiger charge is -2.29. The Labute approximate surface area is 136 Å². The zero-order chi connectivity index (χ0) is 16.4. The molecule has 0 aliphatic heterocycles. The van der Waals surface area contributed by atoms with Crippen molar-refractivity contribution in [2.75, 3.05) is 6.26 Å². The van der Waals surface area contributed by atoms with Crippen LogP contribution in [-0.2, 0) is 16.4 Å². The zero-order valence-corrected chi connectivity index (χ0v) is 13.9. The highest BCUT2D eigenvalue weighted by molar-refractivity contribution is 7.91. The number of halogens is 1. The van der Waals surface area contributed by atoms with Gasteiger partial charge in [0.15, 0.2) is 0 Å². The third kappa shape index (κ3) is 3.87. The normalized spacial score (nSPS) is 22.3. The summed E-state index contributed by atoms with van der Waals surface area (Å²) in [5.74, 6) is -0.278. The molecule has 1 aromatic heterocycles. The van der Waals surface area contributed by atoms with Gasteiger partial charge in [-0.2, -0.15) is 0 Å². The van der Waals surface area contributed by atoms with Gasteiger partial charge in [0.1, 0.15) is 15.7 Å². The minimum atomic E-state index is -3.00. The van der Waals surface area contributed by atoms with Crippen molar-refractivity contribution < 1.29 is 12.8 Å². The fourth-order valence-corrected chi connectivity index (χ4v) is 4.51. The monoisotopic (exact) mass is 336 g/mol. The molecule has 3 rings (SSSR count). The summed E-state index contributed by atoms with van der Waals surface area (Å²) in [5.41, 5.74) is 1.60. The standard InChI is InChI=1S/C17H21FN2O2S/c1-23(21,22)16-6-2-5-15(10-16)20-11-13-9-14(18)8-12-4-3-7-19-17(12)13/h3-4,7-9,15-16,20H,2,5-6,10-11H2,1H3. The second kappa shape index (κ2) is 6.53. The van der Waals surface area contributed by atoms with Gasteiger partial charge in [-0.3, -0.25) is 4.98 Å². The first-order valence-electron chi connectivity index (χ1n) is 7.89. The maximum atomic E-state index is 13.7. The van der Waals surface area contributed by atoms with Gasteiger partial charge in [-0.25, -0.2) is 12.8 Å². The van der Waals surface area contributed by atoms with E-state index in [4.69, 9.17) is 0 Å². The summed E-state index contributed by atoms with van der Waals surface area (Å²) in [4.78, 5) is 4.34. The third-order valence-corrected chi connectivity index (χ3v) is 6.20. The Kier molecular flexibility index (Phi) is 4.64. The minimum absolute atomic E-state index is 0.144. The summed E-state index contributed by atoms with van der Waals surface area (Å²) in [5, 5.41) is 3.90. The van der Waals surface area contributed by atoms with Crippen molar-refractivity contribution in [2.45, 2.75) is 43.5 Å². The van der Waals surface area contributed by atoms with Crippen molar-refractivity contribution in [3.63, 3.8) is 0 Å². The van der Waals surface area contributed by atoms with Crippen LogP contribution < -0.4 is 5.32 Å². The molecule has 1 aliphatic rings. The topological polar surface area (TPSA) is 59.1 Å². The Bertz CT molecular complexity index is 807. The van der Waals surface area contributed by atoms with Crippen molar-refractivity contribution in [3.05, 3.63) is 41.8 Å². The van der Waals surface area contributed by atoms with Crippen LogP contribution in [0.1, 0.15) is 31.2 Å². The smallest absolute Gasteiger partial charge is 0.150 e. The van der Waals surface area contributed by atoms with Gasteiger partial charge in [0.2, 0.25) is 0 Å². The number of nitrogens with one attached hydrogen (secondary N) is 1. The maximum absolute atomic E-state index is 13.7. The molecule has 23 heavy (non-hydrogen) atoms. The molecule has 1 aliphatic carbocycles. The molecule has 2 aromatic rings. The molecular weight excluding hydrogens is 315 g/mol. The summed E-state index contributed by atoms with van der Waals surface area (Å²) in [7, 11) is -3.00. The predicted octanol–water partition coefficient (Wildman–Crippen LogP) is 2.82. The molecule has 1 heterocycles. The number of pyridine rings is 1. The molecule has 124 valence electrons. The van der Waals surface area contributed by atoms with E-state index in [-0.39, 0.29) is 17.1 Å². The lowest BCUT2D eigenvalue weighted by atomic mass is 9.94. The van der Waals surface area contributed by atoms with E-state index in [1.807, 2.05) is 6.07 Å². The molecule has 1 N–H and O–H groups in total. The van der Waals surface area contributed by atoms with Crippen LogP contribution in [0.2, 0.25) is 0 Å². The second-order valence-corrected chi connectivity index (χ2v) is 8.66. The van der Waals surface area contributed by atoms with Gasteiger partial charge in [0.05, 0.1) is 10.8 Å². The van der Waals surface area contributed by atoms with Crippen molar-refractivity contribution in [3.8, 4) is 0 Å². The van der Waals surface area contributed by atoms with Crippen LogP contribution in [0.3, 0.4) is 0 Å². The number of nitrogens with zero attached hydrogens (tertiary/aromatic N) is 1. The van der Waals surface area contributed by atoms with Crippen molar-refractivity contribution in [1.82, 2.24) is 10.3 Å². The molecule has 4 nitrogen and oxygen atoms in total.